The van der Waals surface area contributed by atoms with Gasteiger partial charge in [-0.25, -0.2) is 4.79 Å². The fraction of sp³-hybridized carbons (Fsp3) is 0.923. The minimum atomic E-state index is -1.42. The van der Waals surface area contributed by atoms with Crippen molar-refractivity contribution in [2.75, 3.05) is 33.0 Å². The molecule has 3 atom stereocenters. The van der Waals surface area contributed by atoms with Crippen molar-refractivity contribution in [1.29, 1.82) is 0 Å². The molecule has 0 saturated carbocycles. The average Bonchev–Trinajstić information content (AvgIpc) is 2.49. The molecule has 0 rings (SSSR count). The first kappa shape index (κ1) is 30.1. The molecule has 0 saturated heterocycles. The highest BCUT2D eigenvalue weighted by molar-refractivity contribution is 5.71. The first-order chi connectivity index (χ1) is 10.3. The molecule has 0 aliphatic heterocycles. The number of hydrogen-bond acceptors (Lipinski definition) is 9. The molecule has 23 heavy (non-hydrogen) atoms. The van der Waals surface area contributed by atoms with Crippen molar-refractivity contribution in [3.05, 3.63) is 0 Å². The molecule has 0 aromatic carbocycles. The predicted molar refractivity (Wildman–Crippen MR) is 81.7 cm³/mol. The summed E-state index contributed by atoms with van der Waals surface area (Å²) in [6, 6.07) is 0. The van der Waals surface area contributed by atoms with Gasteiger partial charge in [-0.05, 0) is 12.8 Å². The van der Waals surface area contributed by atoms with Gasteiger partial charge in [0.25, 0.3) is 0 Å². The number of carbonyl (C=O) groups is 1. The molecular weight excluding hydrogens is 316 g/mol. The van der Waals surface area contributed by atoms with E-state index in [9.17, 15) is 4.79 Å². The first-order valence-corrected chi connectivity index (χ1v) is 6.61. The van der Waals surface area contributed by atoms with Crippen molar-refractivity contribution >= 4 is 5.97 Å². The summed E-state index contributed by atoms with van der Waals surface area (Å²) in [6.45, 7) is -0.960. The normalized spacial score (nSPS) is 13.2. The Hall–Kier alpha value is -0.850. The number of aliphatic hydroxyl groups excluding tert-OH is 8. The summed E-state index contributed by atoms with van der Waals surface area (Å²) in [7, 11) is 0. The van der Waals surface area contributed by atoms with Crippen LogP contribution < -0.4 is 0 Å². The lowest BCUT2D eigenvalue weighted by Crippen LogP contribution is -2.20. The maximum atomic E-state index is 9.73. The molecule has 1 unspecified atom stereocenters. The summed E-state index contributed by atoms with van der Waals surface area (Å²) >= 11 is 0. The zero-order valence-corrected chi connectivity index (χ0v) is 12.3. The molecule has 0 aliphatic rings. The van der Waals surface area contributed by atoms with Crippen LogP contribution >= 0.6 is 0 Å². The highest BCUT2D eigenvalue weighted by atomic mass is 16.4. The Kier molecular flexibility index (Phi) is 30.6. The maximum absolute atomic E-state index is 9.73. The van der Waals surface area contributed by atoms with Gasteiger partial charge >= 0.3 is 5.97 Å². The molecular formula is C13H32O10. The smallest absolute Gasteiger partial charge is 0.332 e. The van der Waals surface area contributed by atoms with E-state index in [1.54, 1.807) is 0 Å². The van der Waals surface area contributed by atoms with Crippen LogP contribution in [0.1, 0.15) is 26.7 Å². The van der Waals surface area contributed by atoms with Crippen molar-refractivity contribution in [3.8, 4) is 0 Å². The third kappa shape index (κ3) is 29.7. The van der Waals surface area contributed by atoms with E-state index in [0.717, 1.165) is 0 Å². The Balaban J connectivity index is -0.000000116. The molecule has 0 amide bonds. The zero-order chi connectivity index (χ0) is 18.0. The van der Waals surface area contributed by atoms with Gasteiger partial charge in [-0.15, -0.1) is 0 Å². The lowest BCUT2D eigenvalue weighted by atomic mass is 10.3. The minimum Gasteiger partial charge on any atom is -0.479 e. The maximum Gasteiger partial charge on any atom is 0.332 e. The topological polar surface area (TPSA) is 199 Å². The molecule has 0 bridgehead atoms. The first-order valence-electron chi connectivity index (χ1n) is 6.61. The third-order valence-corrected chi connectivity index (χ3v) is 2.03. The number of carboxylic acids is 1. The fourth-order valence-corrected chi connectivity index (χ4v) is 0.726. The van der Waals surface area contributed by atoms with E-state index >= 15 is 0 Å². The summed E-state index contributed by atoms with van der Waals surface area (Å²) in [5, 5.41) is 73.7. The summed E-state index contributed by atoms with van der Waals surface area (Å²) < 4.78 is 0. The number of rotatable bonds is 9. The van der Waals surface area contributed by atoms with Gasteiger partial charge in [-0.2, -0.15) is 0 Å². The summed E-state index contributed by atoms with van der Waals surface area (Å²) in [6.07, 6.45) is -2.49. The molecule has 0 aromatic heterocycles. The van der Waals surface area contributed by atoms with E-state index in [1.807, 2.05) is 0 Å². The largest absolute Gasteiger partial charge is 0.479 e. The Bertz CT molecular complexity index is 215. The number of hydrogen-bond donors (Lipinski definition) is 9. The highest BCUT2D eigenvalue weighted by Crippen LogP contribution is 1.87. The second-order valence-electron chi connectivity index (χ2n) is 4.06. The molecule has 0 heterocycles. The Morgan fingerprint density at radius 1 is 0.696 bits per heavy atom. The highest BCUT2D eigenvalue weighted by Gasteiger charge is 2.10. The number of carboxylic acid groups (broad SMARTS) is 1. The second kappa shape index (κ2) is 23.4. The van der Waals surface area contributed by atoms with Crippen LogP contribution in [0, 0.1) is 0 Å². The van der Waals surface area contributed by atoms with Crippen molar-refractivity contribution < 1.29 is 50.8 Å². The van der Waals surface area contributed by atoms with Gasteiger partial charge in [0, 0.05) is 26.2 Å². The molecule has 0 spiro atoms. The number of aliphatic hydroxyl groups is 8. The van der Waals surface area contributed by atoms with Crippen LogP contribution in [0.15, 0.2) is 0 Å². The van der Waals surface area contributed by atoms with Crippen LogP contribution in [-0.4, -0.2) is 103 Å². The van der Waals surface area contributed by atoms with Gasteiger partial charge in [0.15, 0.2) is 6.10 Å². The van der Waals surface area contributed by atoms with E-state index in [2.05, 4.69) is 0 Å². The lowest BCUT2D eigenvalue weighted by molar-refractivity contribution is -0.147. The third-order valence-electron chi connectivity index (χ3n) is 2.03. The Morgan fingerprint density at radius 3 is 1.09 bits per heavy atom. The Morgan fingerprint density at radius 2 is 1.00 bits per heavy atom. The summed E-state index contributed by atoms with van der Waals surface area (Å²) in [4.78, 5) is 9.73. The summed E-state index contributed by atoms with van der Waals surface area (Å²) in [5.41, 5.74) is 0. The van der Waals surface area contributed by atoms with E-state index in [4.69, 9.17) is 46.0 Å². The minimum absolute atomic E-state index is 0. The molecule has 0 aromatic rings. The van der Waals surface area contributed by atoms with Crippen LogP contribution in [-0.2, 0) is 4.79 Å². The standard InChI is InChI=1S/C4H8O4.2C4H10O3.CH4/c5-2-1-3(6)4(7)8;2*5-2-1-4(7)3-6;/h3,5-6H,1-2H2,(H,7,8);2*4-7H,1-3H2;1H4/t3-;4-;;/m10../s1. The molecule has 144 valence electrons. The van der Waals surface area contributed by atoms with Crippen molar-refractivity contribution in [2.24, 2.45) is 0 Å². The molecule has 0 radical (unpaired) electrons. The van der Waals surface area contributed by atoms with Crippen LogP contribution in [0.25, 0.3) is 0 Å². The monoisotopic (exact) mass is 348 g/mol. The van der Waals surface area contributed by atoms with Crippen molar-refractivity contribution in [1.82, 2.24) is 0 Å². The predicted octanol–water partition coefficient (Wildman–Crippen LogP) is -3.11. The SMILES string of the molecule is C.O=C(O)[C@H](O)CCO.OCCC(O)CO.OCC[C@H](O)CO. The van der Waals surface area contributed by atoms with Gasteiger partial charge in [-0.1, -0.05) is 7.43 Å². The van der Waals surface area contributed by atoms with Gasteiger partial charge in [0.1, 0.15) is 0 Å². The van der Waals surface area contributed by atoms with E-state index < -0.39 is 24.3 Å². The van der Waals surface area contributed by atoms with E-state index in [-0.39, 0.29) is 59.7 Å². The van der Waals surface area contributed by atoms with Gasteiger partial charge in [0.05, 0.1) is 25.4 Å². The van der Waals surface area contributed by atoms with Crippen molar-refractivity contribution in [2.45, 2.75) is 45.0 Å². The van der Waals surface area contributed by atoms with E-state index in [0.29, 0.717) is 0 Å². The summed E-state index contributed by atoms with van der Waals surface area (Å²) in [5.74, 6) is -1.29. The number of aliphatic carboxylic acids is 1. The molecule has 10 nitrogen and oxygen atoms in total. The van der Waals surface area contributed by atoms with Crippen molar-refractivity contribution in [3.63, 3.8) is 0 Å². The van der Waals surface area contributed by atoms with Gasteiger partial charge in [-0.3, -0.25) is 0 Å². The van der Waals surface area contributed by atoms with Crippen LogP contribution in [0.4, 0.5) is 0 Å². The molecule has 0 fully saturated rings. The molecule has 10 heteroatoms. The van der Waals surface area contributed by atoms with Crippen LogP contribution in [0.2, 0.25) is 0 Å². The lowest BCUT2D eigenvalue weighted by Gasteiger charge is -2.00. The second-order valence-corrected chi connectivity index (χ2v) is 4.06. The average molecular weight is 348 g/mol. The Labute approximate surface area is 135 Å². The molecule has 0 aliphatic carbocycles. The fourth-order valence-electron chi connectivity index (χ4n) is 0.726. The van der Waals surface area contributed by atoms with Crippen LogP contribution in [0.5, 0.6) is 0 Å². The zero-order valence-electron chi connectivity index (χ0n) is 12.3. The van der Waals surface area contributed by atoms with Crippen LogP contribution in [0.3, 0.4) is 0 Å². The van der Waals surface area contributed by atoms with E-state index in [1.165, 1.54) is 0 Å². The quantitative estimate of drug-likeness (QED) is 0.205. The van der Waals surface area contributed by atoms with Gasteiger partial charge < -0.3 is 46.0 Å². The van der Waals surface area contributed by atoms with Gasteiger partial charge in [0.2, 0.25) is 0 Å². The molecule has 9 N–H and O–H groups in total.